The standard InChI is InChI=1S/C23H26ClN3O5/c1-13-4-3-5-17(15-6-7-15)20(13)32-21-18(12-19(24)25-26-21)14(2)31-22(28)16-8-10-27(11-9-16)23(29)30/h3-5,12,14-16H,6-11H2,1-2H3,(H,29,30). The zero-order chi connectivity index (χ0) is 22.8. The number of carboxylic acid groups (broad SMARTS) is 1. The SMILES string of the molecule is Cc1cccc(C2CC2)c1Oc1nnc(Cl)cc1C(C)OC(=O)C1CCN(C(=O)O)CC1. The number of piperidine rings is 1. The van der Waals surface area contributed by atoms with Crippen LogP contribution in [0, 0.1) is 12.8 Å². The van der Waals surface area contributed by atoms with Gasteiger partial charge in [-0.15, -0.1) is 10.2 Å². The van der Waals surface area contributed by atoms with Crippen molar-refractivity contribution in [1.29, 1.82) is 0 Å². The van der Waals surface area contributed by atoms with E-state index in [2.05, 4.69) is 16.3 Å². The number of para-hydroxylation sites is 1. The molecule has 0 radical (unpaired) electrons. The molecular formula is C23H26ClN3O5. The number of amides is 1. The number of benzene rings is 1. The van der Waals surface area contributed by atoms with Gasteiger partial charge in [0.05, 0.1) is 11.5 Å². The summed E-state index contributed by atoms with van der Waals surface area (Å²) in [7, 11) is 0. The molecule has 2 fully saturated rings. The van der Waals surface area contributed by atoms with Gasteiger partial charge in [0.25, 0.3) is 0 Å². The number of esters is 1. The highest BCUT2D eigenvalue weighted by Gasteiger charge is 2.31. The van der Waals surface area contributed by atoms with Crippen molar-refractivity contribution in [3.8, 4) is 11.6 Å². The lowest BCUT2D eigenvalue weighted by atomic mass is 9.97. The molecule has 8 nitrogen and oxygen atoms in total. The first-order chi connectivity index (χ1) is 15.3. The Bertz CT molecular complexity index is 1020. The van der Waals surface area contributed by atoms with E-state index >= 15 is 0 Å². The van der Waals surface area contributed by atoms with Crippen molar-refractivity contribution in [2.45, 2.75) is 51.6 Å². The van der Waals surface area contributed by atoms with Crippen LogP contribution in [0.25, 0.3) is 0 Å². The van der Waals surface area contributed by atoms with E-state index < -0.39 is 12.2 Å². The molecule has 4 rings (SSSR count). The van der Waals surface area contributed by atoms with Crippen LogP contribution in [0.15, 0.2) is 24.3 Å². The lowest BCUT2D eigenvalue weighted by Crippen LogP contribution is -2.39. The molecule has 2 heterocycles. The second-order valence-corrected chi connectivity index (χ2v) is 8.81. The third kappa shape index (κ3) is 4.96. The van der Waals surface area contributed by atoms with Crippen LogP contribution in [0.3, 0.4) is 0 Å². The molecule has 1 amide bonds. The van der Waals surface area contributed by atoms with Crippen LogP contribution in [-0.4, -0.2) is 45.4 Å². The number of aryl methyl sites for hydroxylation is 1. The maximum atomic E-state index is 12.7. The largest absolute Gasteiger partial charge is 0.465 e. The summed E-state index contributed by atoms with van der Waals surface area (Å²) in [6.45, 7) is 4.36. The Morgan fingerprint density at radius 2 is 1.91 bits per heavy atom. The Hall–Kier alpha value is -2.87. The molecule has 0 spiro atoms. The maximum Gasteiger partial charge on any atom is 0.407 e. The fourth-order valence-electron chi connectivity index (χ4n) is 4.01. The van der Waals surface area contributed by atoms with Gasteiger partial charge in [0.15, 0.2) is 5.15 Å². The molecule has 1 aliphatic carbocycles. The maximum absolute atomic E-state index is 12.7. The first-order valence-corrected chi connectivity index (χ1v) is 11.2. The Labute approximate surface area is 191 Å². The molecule has 1 N–H and O–H groups in total. The highest BCUT2D eigenvalue weighted by Crippen LogP contribution is 2.46. The topological polar surface area (TPSA) is 102 Å². The van der Waals surface area contributed by atoms with Gasteiger partial charge in [0.1, 0.15) is 11.9 Å². The molecule has 9 heteroatoms. The highest BCUT2D eigenvalue weighted by atomic mass is 35.5. The van der Waals surface area contributed by atoms with Gasteiger partial charge in [-0.2, -0.15) is 0 Å². The molecule has 32 heavy (non-hydrogen) atoms. The lowest BCUT2D eigenvalue weighted by Gasteiger charge is -2.29. The van der Waals surface area contributed by atoms with Crippen molar-refractivity contribution < 1.29 is 24.2 Å². The van der Waals surface area contributed by atoms with Gasteiger partial charge in [0.2, 0.25) is 5.88 Å². The van der Waals surface area contributed by atoms with Gasteiger partial charge < -0.3 is 19.5 Å². The van der Waals surface area contributed by atoms with E-state index in [9.17, 15) is 9.59 Å². The predicted octanol–water partition coefficient (Wildman–Crippen LogP) is 5.10. The smallest absolute Gasteiger partial charge is 0.407 e. The van der Waals surface area contributed by atoms with Crippen molar-refractivity contribution in [2.75, 3.05) is 13.1 Å². The van der Waals surface area contributed by atoms with E-state index in [0.29, 0.717) is 37.4 Å². The number of nitrogens with zero attached hydrogens (tertiary/aromatic N) is 3. The third-order valence-electron chi connectivity index (χ3n) is 6.05. The summed E-state index contributed by atoms with van der Waals surface area (Å²) in [5.74, 6) is 0.788. The van der Waals surface area contributed by atoms with Crippen molar-refractivity contribution >= 4 is 23.7 Å². The zero-order valence-corrected chi connectivity index (χ0v) is 18.8. The van der Waals surface area contributed by atoms with E-state index in [1.54, 1.807) is 13.0 Å². The minimum Gasteiger partial charge on any atom is -0.465 e. The van der Waals surface area contributed by atoms with Crippen LogP contribution < -0.4 is 4.74 Å². The van der Waals surface area contributed by atoms with Crippen LogP contribution in [0.4, 0.5) is 4.79 Å². The number of halogens is 1. The fourth-order valence-corrected chi connectivity index (χ4v) is 4.16. The molecule has 1 aliphatic heterocycles. The lowest BCUT2D eigenvalue weighted by molar-refractivity contribution is -0.155. The number of hydrogen-bond acceptors (Lipinski definition) is 6. The molecule has 1 saturated heterocycles. The van der Waals surface area contributed by atoms with Gasteiger partial charge >= 0.3 is 12.1 Å². The summed E-state index contributed by atoms with van der Waals surface area (Å²) < 4.78 is 11.9. The Kier molecular flexibility index (Phi) is 6.50. The molecule has 1 atom stereocenters. The van der Waals surface area contributed by atoms with E-state index in [1.807, 2.05) is 19.1 Å². The van der Waals surface area contributed by atoms with Crippen LogP contribution in [-0.2, 0) is 9.53 Å². The summed E-state index contributed by atoms with van der Waals surface area (Å²) in [5.41, 5.74) is 2.67. The van der Waals surface area contributed by atoms with Gasteiger partial charge in [-0.3, -0.25) is 4.79 Å². The van der Waals surface area contributed by atoms with Crippen LogP contribution in [0.1, 0.15) is 61.3 Å². The molecule has 1 unspecified atom stereocenters. The first kappa shape index (κ1) is 22.3. The summed E-state index contributed by atoms with van der Waals surface area (Å²) >= 11 is 6.09. The van der Waals surface area contributed by atoms with Crippen LogP contribution in [0.5, 0.6) is 11.6 Å². The Morgan fingerprint density at radius 1 is 1.19 bits per heavy atom. The van der Waals surface area contributed by atoms with E-state index in [0.717, 1.165) is 29.7 Å². The molecule has 1 saturated carbocycles. The molecule has 2 aromatic rings. The molecular weight excluding hydrogens is 434 g/mol. The molecule has 1 aromatic heterocycles. The molecule has 170 valence electrons. The van der Waals surface area contributed by atoms with E-state index in [1.165, 1.54) is 4.90 Å². The van der Waals surface area contributed by atoms with Crippen molar-refractivity contribution in [3.05, 3.63) is 46.1 Å². The third-order valence-corrected chi connectivity index (χ3v) is 6.23. The number of rotatable bonds is 6. The summed E-state index contributed by atoms with van der Waals surface area (Å²) in [4.78, 5) is 25.1. The Morgan fingerprint density at radius 3 is 2.56 bits per heavy atom. The minimum atomic E-state index is -0.966. The van der Waals surface area contributed by atoms with Crippen LogP contribution in [0.2, 0.25) is 5.15 Å². The fraction of sp³-hybridized carbons (Fsp3) is 0.478. The van der Waals surface area contributed by atoms with Crippen molar-refractivity contribution in [2.24, 2.45) is 5.92 Å². The number of aromatic nitrogens is 2. The van der Waals surface area contributed by atoms with Crippen molar-refractivity contribution in [1.82, 2.24) is 15.1 Å². The van der Waals surface area contributed by atoms with Crippen molar-refractivity contribution in [3.63, 3.8) is 0 Å². The van der Waals surface area contributed by atoms with E-state index in [-0.39, 0.29) is 22.9 Å². The van der Waals surface area contributed by atoms with E-state index in [4.69, 9.17) is 26.2 Å². The summed E-state index contributed by atoms with van der Waals surface area (Å²) in [6, 6.07) is 7.67. The van der Waals surface area contributed by atoms with Gasteiger partial charge in [-0.05, 0) is 62.6 Å². The normalized spacial score (nSPS) is 17.7. The number of likely N-dealkylation sites (tertiary alicyclic amines) is 1. The number of carbonyl (C=O) groups excluding carboxylic acids is 1. The summed E-state index contributed by atoms with van der Waals surface area (Å²) in [5, 5.41) is 17.3. The number of carbonyl (C=O) groups is 2. The Balaban J connectivity index is 1.50. The predicted molar refractivity (Wildman–Crippen MR) is 117 cm³/mol. The number of hydrogen-bond donors (Lipinski definition) is 1. The monoisotopic (exact) mass is 459 g/mol. The average Bonchev–Trinajstić information content (AvgIpc) is 3.61. The van der Waals surface area contributed by atoms with Gasteiger partial charge in [-0.1, -0.05) is 29.8 Å². The average molecular weight is 460 g/mol. The van der Waals surface area contributed by atoms with Crippen LogP contribution >= 0.6 is 11.6 Å². The highest BCUT2D eigenvalue weighted by molar-refractivity contribution is 6.29. The first-order valence-electron chi connectivity index (χ1n) is 10.8. The second-order valence-electron chi connectivity index (χ2n) is 8.42. The quantitative estimate of drug-likeness (QED) is 0.599. The summed E-state index contributed by atoms with van der Waals surface area (Å²) in [6.07, 6.45) is 1.51. The molecule has 0 bridgehead atoms. The molecule has 1 aromatic carbocycles. The molecule has 2 aliphatic rings. The number of ether oxygens (including phenoxy) is 2. The van der Waals surface area contributed by atoms with Gasteiger partial charge in [0, 0.05) is 13.1 Å². The zero-order valence-electron chi connectivity index (χ0n) is 18.1. The minimum absolute atomic E-state index is 0.178. The van der Waals surface area contributed by atoms with Gasteiger partial charge in [-0.25, -0.2) is 4.79 Å². The second kappa shape index (κ2) is 9.32.